The van der Waals surface area contributed by atoms with Crippen molar-refractivity contribution >= 4 is 28.2 Å². The number of hydrogen-bond acceptors (Lipinski definition) is 5. The second-order valence-electron chi connectivity index (χ2n) is 7.77. The third-order valence-corrected chi connectivity index (χ3v) is 5.49. The van der Waals surface area contributed by atoms with E-state index in [0.717, 1.165) is 34.0 Å². The van der Waals surface area contributed by atoms with Gasteiger partial charge in [0, 0.05) is 16.9 Å². The molecule has 1 heterocycles. The zero-order valence-corrected chi connectivity index (χ0v) is 18.0. The van der Waals surface area contributed by atoms with Crippen molar-refractivity contribution in [1.82, 2.24) is 0 Å². The van der Waals surface area contributed by atoms with E-state index >= 15 is 0 Å². The molecule has 0 saturated heterocycles. The molecule has 2 amide bonds. The van der Waals surface area contributed by atoms with Gasteiger partial charge >= 0.3 is 12.2 Å². The van der Waals surface area contributed by atoms with Gasteiger partial charge in [-0.3, -0.25) is 0 Å². The van der Waals surface area contributed by atoms with Gasteiger partial charge in [0.05, 0.1) is 5.56 Å². The summed E-state index contributed by atoms with van der Waals surface area (Å²) in [6, 6.07) is 23.0. The van der Waals surface area contributed by atoms with E-state index in [9.17, 15) is 18.0 Å². The molecule has 5 rings (SSSR count). The molecule has 1 aliphatic heterocycles. The molecule has 1 aliphatic rings. The van der Waals surface area contributed by atoms with Crippen molar-refractivity contribution in [2.45, 2.75) is 12.3 Å². The first-order chi connectivity index (χ1) is 16.9. The quantitative estimate of drug-likeness (QED) is 0.308. The number of carbonyl (C=O) groups is 1. The summed E-state index contributed by atoms with van der Waals surface area (Å²) in [5, 5.41) is 22.3. The minimum Gasteiger partial charge on any atom is -0.308 e. The lowest BCUT2D eigenvalue weighted by molar-refractivity contribution is -0.137. The largest absolute Gasteiger partial charge is 0.416 e. The standard InChI is InChI=1S/C25H17F3N6O/c26-25(27,28)17-7-4-8-18(14-17)29-24(35)30-22-12-11-16(13-21(22)23-31-33-34-32-23)20-10-3-6-15-5-1-2-9-19(15)20/h1-14,23H,(H2,29,30,35). The van der Waals surface area contributed by atoms with Crippen LogP contribution in [0.5, 0.6) is 0 Å². The van der Waals surface area contributed by atoms with E-state index in [1.165, 1.54) is 12.1 Å². The summed E-state index contributed by atoms with van der Waals surface area (Å²) in [4.78, 5) is 12.6. The first kappa shape index (κ1) is 22.2. The second kappa shape index (κ2) is 8.98. The highest BCUT2D eigenvalue weighted by Gasteiger charge is 2.30. The van der Waals surface area contributed by atoms with Crippen molar-refractivity contribution < 1.29 is 18.0 Å². The maximum absolute atomic E-state index is 13.0. The van der Waals surface area contributed by atoms with Crippen LogP contribution in [0.25, 0.3) is 21.9 Å². The Morgan fingerprint density at radius 3 is 2.34 bits per heavy atom. The summed E-state index contributed by atoms with van der Waals surface area (Å²) >= 11 is 0. The molecule has 0 aliphatic carbocycles. The smallest absolute Gasteiger partial charge is 0.308 e. The molecule has 0 saturated carbocycles. The molecule has 4 aromatic rings. The lowest BCUT2D eigenvalue weighted by atomic mass is 9.96. The average molecular weight is 474 g/mol. The van der Waals surface area contributed by atoms with Crippen LogP contribution in [0.3, 0.4) is 0 Å². The van der Waals surface area contributed by atoms with E-state index in [-0.39, 0.29) is 5.69 Å². The van der Waals surface area contributed by atoms with Gasteiger partial charge in [0.2, 0.25) is 6.17 Å². The number of carbonyl (C=O) groups excluding carboxylic acids is 1. The number of amides is 2. The van der Waals surface area contributed by atoms with E-state index in [1.54, 1.807) is 6.07 Å². The predicted octanol–water partition coefficient (Wildman–Crippen LogP) is 8.00. The molecule has 2 N–H and O–H groups in total. The fraction of sp³-hybridized carbons (Fsp3) is 0.0800. The molecule has 0 radical (unpaired) electrons. The molecule has 0 unspecified atom stereocenters. The van der Waals surface area contributed by atoms with Gasteiger partial charge in [-0.15, -0.1) is 10.2 Å². The molecule has 7 nitrogen and oxygen atoms in total. The molecular formula is C25H17F3N6O. The van der Waals surface area contributed by atoms with Crippen LogP contribution in [-0.2, 0) is 6.18 Å². The molecule has 0 atom stereocenters. The Bertz CT molecular complexity index is 1460. The fourth-order valence-electron chi connectivity index (χ4n) is 3.88. The minimum atomic E-state index is -4.52. The monoisotopic (exact) mass is 474 g/mol. The van der Waals surface area contributed by atoms with Gasteiger partial charge in [0.1, 0.15) is 0 Å². The molecule has 0 fully saturated rings. The summed E-state index contributed by atoms with van der Waals surface area (Å²) in [5.41, 5.74) is 1.92. The number of alkyl halides is 3. The third-order valence-electron chi connectivity index (χ3n) is 5.49. The molecular weight excluding hydrogens is 457 g/mol. The van der Waals surface area contributed by atoms with Crippen LogP contribution >= 0.6 is 0 Å². The number of anilines is 2. The van der Waals surface area contributed by atoms with E-state index in [1.807, 2.05) is 54.6 Å². The Morgan fingerprint density at radius 2 is 1.54 bits per heavy atom. The van der Waals surface area contributed by atoms with Gasteiger partial charge in [-0.1, -0.05) is 54.6 Å². The van der Waals surface area contributed by atoms with Gasteiger partial charge in [0.15, 0.2) is 0 Å². The Morgan fingerprint density at radius 1 is 0.800 bits per heavy atom. The van der Waals surface area contributed by atoms with E-state index in [0.29, 0.717) is 11.3 Å². The molecule has 174 valence electrons. The number of halogens is 3. The minimum absolute atomic E-state index is 0.00601. The van der Waals surface area contributed by atoms with Crippen LogP contribution in [0.4, 0.5) is 29.3 Å². The molecule has 35 heavy (non-hydrogen) atoms. The maximum atomic E-state index is 13.0. The SMILES string of the molecule is O=C(Nc1cccc(C(F)(F)F)c1)Nc1ccc(-c2cccc3ccccc23)cc1C1N=NN=N1. The van der Waals surface area contributed by atoms with Gasteiger partial charge in [-0.25, -0.2) is 4.79 Å². The van der Waals surface area contributed by atoms with Crippen LogP contribution in [-0.4, -0.2) is 6.03 Å². The molecule has 0 spiro atoms. The number of nitrogens with zero attached hydrogens (tertiary/aromatic N) is 4. The van der Waals surface area contributed by atoms with Crippen LogP contribution in [0.1, 0.15) is 17.3 Å². The van der Waals surface area contributed by atoms with E-state index in [2.05, 4.69) is 31.3 Å². The Labute approximate surface area is 197 Å². The predicted molar refractivity (Wildman–Crippen MR) is 126 cm³/mol. The average Bonchev–Trinajstić information content (AvgIpc) is 3.38. The Kier molecular flexibility index (Phi) is 5.69. The second-order valence-corrected chi connectivity index (χ2v) is 7.77. The van der Waals surface area contributed by atoms with Crippen molar-refractivity contribution in [2.24, 2.45) is 20.7 Å². The molecule has 0 aromatic heterocycles. The zero-order valence-electron chi connectivity index (χ0n) is 18.0. The van der Waals surface area contributed by atoms with Crippen molar-refractivity contribution in [3.05, 3.63) is 96.1 Å². The highest BCUT2D eigenvalue weighted by molar-refractivity contribution is 6.01. The van der Waals surface area contributed by atoms with Crippen molar-refractivity contribution in [1.29, 1.82) is 0 Å². The van der Waals surface area contributed by atoms with E-state index < -0.39 is 23.9 Å². The number of fused-ring (bicyclic) bond motifs is 1. The fourth-order valence-corrected chi connectivity index (χ4v) is 3.88. The summed E-state index contributed by atoms with van der Waals surface area (Å²) in [5.74, 6) is 0. The van der Waals surface area contributed by atoms with Gasteiger partial charge in [-0.2, -0.15) is 13.2 Å². The first-order valence-electron chi connectivity index (χ1n) is 10.6. The highest BCUT2D eigenvalue weighted by Crippen LogP contribution is 2.36. The van der Waals surface area contributed by atoms with Crippen molar-refractivity contribution in [3.63, 3.8) is 0 Å². The van der Waals surface area contributed by atoms with Gasteiger partial charge in [0.25, 0.3) is 0 Å². The number of hydrogen-bond donors (Lipinski definition) is 2. The Hall–Kier alpha value is -4.60. The van der Waals surface area contributed by atoms with E-state index in [4.69, 9.17) is 0 Å². The number of rotatable bonds is 4. The molecule has 0 bridgehead atoms. The summed E-state index contributed by atoms with van der Waals surface area (Å²) in [6.07, 6.45) is -5.27. The van der Waals surface area contributed by atoms with Crippen molar-refractivity contribution in [3.8, 4) is 11.1 Å². The van der Waals surface area contributed by atoms with Crippen LogP contribution in [0, 0.1) is 0 Å². The highest BCUT2D eigenvalue weighted by atomic mass is 19.4. The summed E-state index contributed by atoms with van der Waals surface area (Å²) in [7, 11) is 0. The normalized spacial score (nSPS) is 13.3. The molecule has 10 heteroatoms. The van der Waals surface area contributed by atoms with Crippen LogP contribution < -0.4 is 10.6 Å². The Balaban J connectivity index is 1.46. The van der Waals surface area contributed by atoms with Gasteiger partial charge in [-0.05, 0) is 62.7 Å². The lowest BCUT2D eigenvalue weighted by Gasteiger charge is -2.16. The molecule has 4 aromatic carbocycles. The lowest BCUT2D eigenvalue weighted by Crippen LogP contribution is -2.21. The third kappa shape index (κ3) is 4.72. The zero-order chi connectivity index (χ0) is 24.4. The number of benzene rings is 4. The maximum Gasteiger partial charge on any atom is 0.416 e. The van der Waals surface area contributed by atoms with Crippen molar-refractivity contribution in [2.75, 3.05) is 10.6 Å². The number of nitrogens with one attached hydrogen (secondary N) is 2. The summed E-state index contributed by atoms with van der Waals surface area (Å²) < 4.78 is 39.0. The van der Waals surface area contributed by atoms with Crippen LogP contribution in [0.15, 0.2) is 106 Å². The first-order valence-corrected chi connectivity index (χ1v) is 10.6. The van der Waals surface area contributed by atoms with Gasteiger partial charge < -0.3 is 10.6 Å². The number of urea groups is 1. The topological polar surface area (TPSA) is 90.6 Å². The summed E-state index contributed by atoms with van der Waals surface area (Å²) in [6.45, 7) is 0. The van der Waals surface area contributed by atoms with Crippen LogP contribution in [0.2, 0.25) is 0 Å².